The first-order valence-corrected chi connectivity index (χ1v) is 9.82. The van der Waals surface area contributed by atoms with Gasteiger partial charge in [-0.05, 0) is 68.1 Å². The average Bonchev–Trinajstić information content (AvgIpc) is 2.93. The molecule has 1 atom stereocenters. The van der Waals surface area contributed by atoms with Gasteiger partial charge in [0.05, 0.1) is 18.5 Å². The largest absolute Gasteiger partial charge is 0.310 e. The molecule has 0 radical (unpaired) electrons. The van der Waals surface area contributed by atoms with Crippen LogP contribution in [0.25, 0.3) is 0 Å². The van der Waals surface area contributed by atoms with Crippen molar-refractivity contribution in [3.05, 3.63) is 11.6 Å². The van der Waals surface area contributed by atoms with Crippen molar-refractivity contribution in [3.8, 4) is 6.07 Å². The van der Waals surface area contributed by atoms with Crippen molar-refractivity contribution in [3.63, 3.8) is 0 Å². The van der Waals surface area contributed by atoms with E-state index in [1.165, 1.54) is 44.3 Å². The van der Waals surface area contributed by atoms with Crippen molar-refractivity contribution in [1.29, 1.82) is 5.26 Å². The second kappa shape index (κ2) is 4.84. The fourth-order valence-electron chi connectivity index (χ4n) is 6.97. The van der Waals surface area contributed by atoms with E-state index >= 15 is 0 Å². The number of rotatable bonds is 2. The van der Waals surface area contributed by atoms with Gasteiger partial charge < -0.3 is 4.57 Å². The van der Waals surface area contributed by atoms with Gasteiger partial charge in [0.2, 0.25) is 0 Å². The van der Waals surface area contributed by atoms with Gasteiger partial charge in [-0.25, -0.2) is 0 Å². The highest BCUT2D eigenvalue weighted by molar-refractivity contribution is 5.21. The zero-order chi connectivity index (χ0) is 16.5. The van der Waals surface area contributed by atoms with Crippen LogP contribution in [0.2, 0.25) is 0 Å². The summed E-state index contributed by atoms with van der Waals surface area (Å²) in [5.41, 5.74) is 0.420. The second-order valence-corrected chi connectivity index (χ2v) is 9.87. The van der Waals surface area contributed by atoms with Crippen molar-refractivity contribution >= 4 is 0 Å². The van der Waals surface area contributed by atoms with Gasteiger partial charge in [-0.2, -0.15) is 5.26 Å². The van der Waals surface area contributed by atoms with Crippen LogP contribution >= 0.6 is 0 Å². The van der Waals surface area contributed by atoms with Crippen LogP contribution in [-0.2, 0) is 11.8 Å². The summed E-state index contributed by atoms with van der Waals surface area (Å²) in [4.78, 5) is 0. The van der Waals surface area contributed by atoms with Gasteiger partial charge in [0.1, 0.15) is 11.6 Å². The van der Waals surface area contributed by atoms with Crippen molar-refractivity contribution < 1.29 is 0 Å². The van der Waals surface area contributed by atoms with Crippen molar-refractivity contribution in [1.82, 2.24) is 14.8 Å². The van der Waals surface area contributed by atoms with Crippen LogP contribution in [0.4, 0.5) is 0 Å². The van der Waals surface area contributed by atoms with Crippen molar-refractivity contribution in [2.45, 2.75) is 83.1 Å². The Bertz CT molecular complexity index is 672. The quantitative estimate of drug-likeness (QED) is 0.820. The molecule has 1 aliphatic heterocycles. The number of aryl methyl sites for hydroxylation is 1. The summed E-state index contributed by atoms with van der Waals surface area (Å²) in [5.74, 6) is 5.13. The molecule has 128 valence electrons. The molecule has 4 aliphatic carbocycles. The lowest BCUT2D eigenvalue weighted by Gasteiger charge is -2.56. The lowest BCUT2D eigenvalue weighted by atomic mass is 9.49. The number of nitriles is 1. The van der Waals surface area contributed by atoms with Gasteiger partial charge in [0.25, 0.3) is 0 Å². The van der Waals surface area contributed by atoms with Crippen LogP contribution in [0.15, 0.2) is 0 Å². The Morgan fingerprint density at radius 3 is 2.29 bits per heavy atom. The Hall–Kier alpha value is -1.37. The predicted octanol–water partition coefficient (Wildman–Crippen LogP) is 4.17. The molecule has 1 aromatic heterocycles. The third kappa shape index (κ3) is 1.96. The minimum Gasteiger partial charge on any atom is -0.310 e. The van der Waals surface area contributed by atoms with Crippen LogP contribution in [0, 0.1) is 34.5 Å². The van der Waals surface area contributed by atoms with Crippen LogP contribution < -0.4 is 0 Å². The molecule has 4 nitrogen and oxygen atoms in total. The normalized spacial score (nSPS) is 41.9. The fraction of sp³-hybridized carbons (Fsp3) is 0.850. The van der Waals surface area contributed by atoms with Crippen LogP contribution in [0.3, 0.4) is 0 Å². The first kappa shape index (κ1) is 14.9. The monoisotopic (exact) mass is 324 g/mol. The average molecular weight is 324 g/mol. The zero-order valence-electron chi connectivity index (χ0n) is 15.0. The highest BCUT2D eigenvalue weighted by atomic mass is 15.3. The highest BCUT2D eigenvalue weighted by Gasteiger charge is 2.55. The molecule has 0 amide bonds. The number of hydrogen-bond acceptors (Lipinski definition) is 3. The lowest BCUT2D eigenvalue weighted by Crippen LogP contribution is -2.50. The van der Waals surface area contributed by atoms with Gasteiger partial charge in [-0.1, -0.05) is 13.8 Å². The van der Waals surface area contributed by atoms with Crippen LogP contribution in [0.5, 0.6) is 0 Å². The van der Waals surface area contributed by atoms with Crippen LogP contribution in [0.1, 0.15) is 82.9 Å². The first-order chi connectivity index (χ1) is 11.5. The van der Waals surface area contributed by atoms with E-state index in [0.717, 1.165) is 36.4 Å². The minimum absolute atomic E-state index is 0.155. The summed E-state index contributed by atoms with van der Waals surface area (Å²) >= 11 is 0. The van der Waals surface area contributed by atoms with E-state index in [9.17, 15) is 5.26 Å². The molecule has 5 aliphatic rings. The van der Waals surface area contributed by atoms with Gasteiger partial charge in [-0.15, -0.1) is 10.2 Å². The van der Waals surface area contributed by atoms with E-state index in [-0.39, 0.29) is 16.9 Å². The van der Waals surface area contributed by atoms with E-state index in [1.54, 1.807) is 0 Å². The Kier molecular flexibility index (Phi) is 3.01. The molecule has 1 aromatic rings. The molecule has 4 heteroatoms. The van der Waals surface area contributed by atoms with Crippen molar-refractivity contribution in [2.75, 3.05) is 0 Å². The molecule has 0 aromatic carbocycles. The summed E-state index contributed by atoms with van der Waals surface area (Å²) < 4.78 is 2.44. The van der Waals surface area contributed by atoms with Crippen LogP contribution in [-0.4, -0.2) is 14.8 Å². The second-order valence-electron chi connectivity index (χ2n) is 9.87. The highest BCUT2D eigenvalue weighted by Crippen LogP contribution is 2.61. The third-order valence-electron chi connectivity index (χ3n) is 7.77. The number of fused-ring (bicyclic) bond motifs is 1. The predicted molar refractivity (Wildman–Crippen MR) is 91.2 cm³/mol. The molecule has 1 unspecified atom stereocenters. The first-order valence-electron chi connectivity index (χ1n) is 9.82. The molecule has 6 rings (SSSR count). The fourth-order valence-corrected chi connectivity index (χ4v) is 6.97. The lowest BCUT2D eigenvalue weighted by molar-refractivity contribution is -0.0138. The molecule has 0 saturated heterocycles. The maximum Gasteiger partial charge on any atom is 0.139 e. The molecular formula is C20H28N4. The summed E-state index contributed by atoms with van der Waals surface area (Å²) in [5, 5.41) is 18.8. The smallest absolute Gasteiger partial charge is 0.139 e. The summed E-state index contributed by atoms with van der Waals surface area (Å²) in [6.07, 6.45) is 11.0. The summed E-state index contributed by atoms with van der Waals surface area (Å²) in [6.45, 7) is 4.64. The molecule has 4 bridgehead atoms. The van der Waals surface area contributed by atoms with Gasteiger partial charge in [0, 0.05) is 11.8 Å². The maximum atomic E-state index is 9.43. The molecule has 2 heterocycles. The molecular weight excluding hydrogens is 296 g/mol. The Morgan fingerprint density at radius 1 is 1.08 bits per heavy atom. The molecule has 4 saturated carbocycles. The maximum absolute atomic E-state index is 9.43. The molecule has 0 N–H and O–H groups in total. The van der Waals surface area contributed by atoms with E-state index in [0.29, 0.717) is 6.42 Å². The Balaban J connectivity index is 1.62. The third-order valence-corrected chi connectivity index (χ3v) is 7.77. The van der Waals surface area contributed by atoms with Gasteiger partial charge in [0.15, 0.2) is 0 Å². The van der Waals surface area contributed by atoms with E-state index < -0.39 is 0 Å². The van der Waals surface area contributed by atoms with E-state index in [4.69, 9.17) is 5.10 Å². The number of aromatic nitrogens is 3. The molecule has 0 spiro atoms. The zero-order valence-corrected chi connectivity index (χ0v) is 15.0. The van der Waals surface area contributed by atoms with E-state index in [2.05, 4.69) is 29.6 Å². The Morgan fingerprint density at radius 2 is 1.71 bits per heavy atom. The topological polar surface area (TPSA) is 54.5 Å². The van der Waals surface area contributed by atoms with Gasteiger partial charge in [-0.3, -0.25) is 0 Å². The summed E-state index contributed by atoms with van der Waals surface area (Å²) in [6, 6.07) is 2.69. The minimum atomic E-state index is 0.155. The molecule has 24 heavy (non-hydrogen) atoms. The molecule has 4 fully saturated rings. The van der Waals surface area contributed by atoms with Crippen molar-refractivity contribution in [2.24, 2.45) is 23.2 Å². The number of hydrogen-bond donors (Lipinski definition) is 0. The van der Waals surface area contributed by atoms with Gasteiger partial charge >= 0.3 is 0 Å². The number of nitrogens with zero attached hydrogens (tertiary/aromatic N) is 4. The summed E-state index contributed by atoms with van der Waals surface area (Å²) in [7, 11) is 0. The van der Waals surface area contributed by atoms with E-state index in [1.807, 2.05) is 0 Å². The standard InChI is InChI=1S/C20H28N4/c1-19(2)5-3-17-22-23-18(24(17)16(19)4-6-21)20-10-13-7-14(11-20)9-15(8-13)12-20/h13-16H,3-5,7-12H2,1-2H3. The SMILES string of the molecule is CC1(C)CCc2nnc(C34CC5CC(CC(C5)C3)C4)n2C1CC#N. The Labute approximate surface area is 144 Å².